The molecule has 0 radical (unpaired) electrons. The van der Waals surface area contributed by atoms with E-state index in [1.165, 1.54) is 12.8 Å². The first-order valence-electron chi connectivity index (χ1n) is 6.14. The highest BCUT2D eigenvalue weighted by Crippen LogP contribution is 2.28. The summed E-state index contributed by atoms with van der Waals surface area (Å²) in [5.41, 5.74) is 0.803. The quantitative estimate of drug-likeness (QED) is 0.508. The average Bonchev–Trinajstić information content (AvgIpc) is 3.12. The summed E-state index contributed by atoms with van der Waals surface area (Å²) in [5, 5.41) is 1.86. The number of carbonyl (C=O) groups excluding carboxylic acids is 1. The lowest BCUT2D eigenvalue weighted by atomic mass is 10.2. The summed E-state index contributed by atoms with van der Waals surface area (Å²) in [4.78, 5) is 9.60. The van der Waals surface area contributed by atoms with E-state index in [2.05, 4.69) is 4.74 Å². The summed E-state index contributed by atoms with van der Waals surface area (Å²) in [6.45, 7) is 5.92. The standard InChI is InChI=1S/C9H12N2.C5H10O2/c10-11(9-6-7-9)8-4-2-1-3-5-8;1-5(2,3)7-4-6/h1-5,9H,6-7,10H2;4H,1-3H3. The molecule has 1 aromatic carbocycles. The topological polar surface area (TPSA) is 55.6 Å². The van der Waals surface area contributed by atoms with E-state index in [-0.39, 0.29) is 5.60 Å². The molecular weight excluding hydrogens is 228 g/mol. The number of hydrazine groups is 1. The molecule has 0 bridgehead atoms. The van der Waals surface area contributed by atoms with Crippen molar-refractivity contribution in [1.82, 2.24) is 0 Å². The molecule has 1 aliphatic carbocycles. The summed E-state index contributed by atoms with van der Waals surface area (Å²) in [7, 11) is 0. The molecule has 1 aliphatic rings. The van der Waals surface area contributed by atoms with Crippen LogP contribution in [-0.4, -0.2) is 18.1 Å². The molecule has 1 aromatic rings. The highest BCUT2D eigenvalue weighted by Gasteiger charge is 2.26. The molecule has 4 nitrogen and oxygen atoms in total. The lowest BCUT2D eigenvalue weighted by molar-refractivity contribution is -0.138. The third-order valence-corrected chi connectivity index (χ3v) is 2.40. The highest BCUT2D eigenvalue weighted by molar-refractivity contribution is 5.46. The van der Waals surface area contributed by atoms with Gasteiger partial charge in [-0.05, 0) is 45.7 Å². The summed E-state index contributed by atoms with van der Waals surface area (Å²) in [5.74, 6) is 5.83. The van der Waals surface area contributed by atoms with Gasteiger partial charge in [-0.3, -0.25) is 4.79 Å². The maximum Gasteiger partial charge on any atom is 0.293 e. The summed E-state index contributed by atoms with van der Waals surface area (Å²) < 4.78 is 4.55. The fourth-order valence-corrected chi connectivity index (χ4v) is 1.31. The normalized spacial score (nSPS) is 14.2. The number of rotatable bonds is 3. The number of nitrogens with two attached hydrogens (primary N) is 1. The van der Waals surface area contributed by atoms with Crippen LogP contribution in [0, 0.1) is 0 Å². The smallest absolute Gasteiger partial charge is 0.293 e. The Morgan fingerprint density at radius 1 is 1.28 bits per heavy atom. The molecule has 100 valence electrons. The van der Waals surface area contributed by atoms with Gasteiger partial charge in [-0.25, -0.2) is 5.84 Å². The van der Waals surface area contributed by atoms with Crippen molar-refractivity contribution in [3.63, 3.8) is 0 Å². The van der Waals surface area contributed by atoms with Gasteiger partial charge in [-0.1, -0.05) is 18.2 Å². The van der Waals surface area contributed by atoms with Gasteiger partial charge in [0.05, 0.1) is 5.69 Å². The molecule has 2 rings (SSSR count). The van der Waals surface area contributed by atoms with E-state index < -0.39 is 0 Å². The zero-order chi connectivity index (χ0) is 13.6. The third-order valence-electron chi connectivity index (χ3n) is 2.40. The predicted octanol–water partition coefficient (Wildman–Crippen LogP) is 2.49. The van der Waals surface area contributed by atoms with Crippen LogP contribution in [-0.2, 0) is 9.53 Å². The Hall–Kier alpha value is -1.55. The highest BCUT2D eigenvalue weighted by atomic mass is 16.5. The van der Waals surface area contributed by atoms with Crippen molar-refractivity contribution < 1.29 is 9.53 Å². The second-order valence-corrected chi connectivity index (χ2v) is 5.30. The van der Waals surface area contributed by atoms with E-state index in [1.54, 1.807) is 0 Å². The lowest BCUT2D eigenvalue weighted by Crippen LogP contribution is -2.32. The Labute approximate surface area is 109 Å². The summed E-state index contributed by atoms with van der Waals surface area (Å²) in [6, 6.07) is 10.7. The molecule has 0 amide bonds. The van der Waals surface area contributed by atoms with E-state index in [9.17, 15) is 4.79 Å². The summed E-state index contributed by atoms with van der Waals surface area (Å²) in [6.07, 6.45) is 2.48. The van der Waals surface area contributed by atoms with Crippen molar-refractivity contribution >= 4 is 12.2 Å². The van der Waals surface area contributed by atoms with Crippen molar-refractivity contribution in [1.29, 1.82) is 0 Å². The van der Waals surface area contributed by atoms with Crippen LogP contribution in [0.3, 0.4) is 0 Å². The van der Waals surface area contributed by atoms with E-state index in [0.717, 1.165) is 5.69 Å². The Kier molecular flexibility index (Phi) is 5.16. The molecule has 0 unspecified atom stereocenters. The molecule has 1 fully saturated rings. The third kappa shape index (κ3) is 5.68. The first-order chi connectivity index (χ1) is 8.44. The Balaban J connectivity index is 0.000000203. The number of para-hydroxylation sites is 1. The van der Waals surface area contributed by atoms with E-state index in [1.807, 2.05) is 56.1 Å². The van der Waals surface area contributed by atoms with Gasteiger partial charge in [0.25, 0.3) is 6.47 Å². The minimum absolute atomic E-state index is 0.318. The van der Waals surface area contributed by atoms with E-state index in [4.69, 9.17) is 5.84 Å². The largest absolute Gasteiger partial charge is 0.462 e. The van der Waals surface area contributed by atoms with Crippen molar-refractivity contribution in [2.75, 3.05) is 5.01 Å². The Morgan fingerprint density at radius 2 is 1.83 bits per heavy atom. The number of carbonyl (C=O) groups is 1. The van der Waals surface area contributed by atoms with Gasteiger partial charge in [-0.2, -0.15) is 0 Å². The van der Waals surface area contributed by atoms with Crippen LogP contribution in [0.15, 0.2) is 30.3 Å². The first kappa shape index (κ1) is 14.5. The average molecular weight is 250 g/mol. The monoisotopic (exact) mass is 250 g/mol. The number of ether oxygens (including phenoxy) is 1. The fourth-order valence-electron chi connectivity index (χ4n) is 1.31. The molecule has 2 N–H and O–H groups in total. The fraction of sp³-hybridized carbons (Fsp3) is 0.500. The molecule has 0 aromatic heterocycles. The van der Waals surface area contributed by atoms with Gasteiger partial charge in [0.15, 0.2) is 0 Å². The number of hydrogen-bond donors (Lipinski definition) is 1. The van der Waals surface area contributed by atoms with Crippen molar-refractivity contribution in [2.45, 2.75) is 45.3 Å². The molecule has 0 aliphatic heterocycles. The Bertz CT molecular complexity index is 356. The van der Waals surface area contributed by atoms with Crippen LogP contribution in [0.2, 0.25) is 0 Å². The molecule has 0 spiro atoms. The second kappa shape index (κ2) is 6.40. The maximum atomic E-state index is 9.60. The van der Waals surface area contributed by atoms with Crippen LogP contribution in [0.1, 0.15) is 33.6 Å². The Morgan fingerprint density at radius 3 is 2.17 bits per heavy atom. The zero-order valence-corrected chi connectivity index (χ0v) is 11.3. The molecule has 0 atom stereocenters. The molecule has 0 saturated heterocycles. The number of nitrogens with zero attached hydrogens (tertiary/aromatic N) is 1. The van der Waals surface area contributed by atoms with Gasteiger partial charge in [0.1, 0.15) is 5.60 Å². The number of anilines is 1. The molecular formula is C14H22N2O2. The zero-order valence-electron chi connectivity index (χ0n) is 11.3. The lowest BCUT2D eigenvalue weighted by Gasteiger charge is -2.17. The predicted molar refractivity (Wildman–Crippen MR) is 73.0 cm³/mol. The van der Waals surface area contributed by atoms with Crippen molar-refractivity contribution in [2.24, 2.45) is 5.84 Å². The first-order valence-corrected chi connectivity index (χ1v) is 6.14. The summed E-state index contributed by atoms with van der Waals surface area (Å²) >= 11 is 0. The van der Waals surface area contributed by atoms with Crippen LogP contribution < -0.4 is 10.9 Å². The molecule has 4 heteroatoms. The van der Waals surface area contributed by atoms with Crippen LogP contribution in [0.4, 0.5) is 5.69 Å². The van der Waals surface area contributed by atoms with Crippen LogP contribution in [0.5, 0.6) is 0 Å². The second-order valence-electron chi connectivity index (χ2n) is 5.30. The molecule has 0 heterocycles. The maximum absolute atomic E-state index is 9.60. The van der Waals surface area contributed by atoms with Gasteiger partial charge in [0, 0.05) is 6.04 Å². The SMILES string of the molecule is CC(C)(C)OC=O.NN(c1ccccc1)C1CC1. The molecule has 1 saturated carbocycles. The minimum atomic E-state index is -0.318. The van der Waals surface area contributed by atoms with Crippen molar-refractivity contribution in [3.05, 3.63) is 30.3 Å². The van der Waals surface area contributed by atoms with Gasteiger partial charge >= 0.3 is 0 Å². The molecule has 18 heavy (non-hydrogen) atoms. The number of hydrogen-bond acceptors (Lipinski definition) is 4. The van der Waals surface area contributed by atoms with Crippen LogP contribution in [0.25, 0.3) is 0 Å². The van der Waals surface area contributed by atoms with Crippen molar-refractivity contribution in [3.8, 4) is 0 Å². The van der Waals surface area contributed by atoms with Gasteiger partial charge in [-0.15, -0.1) is 0 Å². The van der Waals surface area contributed by atoms with Gasteiger partial charge in [0.2, 0.25) is 0 Å². The van der Waals surface area contributed by atoms with Crippen LogP contribution >= 0.6 is 0 Å². The minimum Gasteiger partial charge on any atom is -0.462 e. The van der Waals surface area contributed by atoms with Gasteiger partial charge < -0.3 is 9.75 Å². The number of benzene rings is 1. The van der Waals surface area contributed by atoms with E-state index >= 15 is 0 Å². The van der Waals surface area contributed by atoms with E-state index in [0.29, 0.717) is 12.5 Å².